The fourth-order valence-corrected chi connectivity index (χ4v) is 5.31. The number of hydrogen-bond donors (Lipinski definition) is 1. The Kier molecular flexibility index (Phi) is 7.23. The lowest BCUT2D eigenvalue weighted by Crippen LogP contribution is -2.47. The van der Waals surface area contributed by atoms with E-state index in [4.69, 9.17) is 4.74 Å². The standard InChI is InChI=1S/C28H33BrO4/c1-7-19-12-18(9-11-22(19)26(31)32)8-10-20-13-23-24(14-21(20)16-29)28(5,6)25(33-17(2)30)15-27(23,3)4/h8-14,25H,7,15-16H2,1-6H3,(H,31,32)/b10-8+. The van der Waals surface area contributed by atoms with Crippen LogP contribution in [0.1, 0.15) is 91.7 Å². The molecule has 1 atom stereocenters. The molecule has 0 amide bonds. The molecule has 0 heterocycles. The molecule has 1 N–H and O–H groups in total. The van der Waals surface area contributed by atoms with Gasteiger partial charge in [-0.15, -0.1) is 0 Å². The minimum Gasteiger partial charge on any atom is -0.478 e. The number of halogens is 1. The molecule has 2 aromatic rings. The van der Waals surface area contributed by atoms with Gasteiger partial charge in [0.2, 0.25) is 0 Å². The number of carbonyl (C=O) groups is 2. The number of aryl methyl sites for hydroxylation is 1. The van der Waals surface area contributed by atoms with Crippen molar-refractivity contribution >= 4 is 40.0 Å². The Hall–Kier alpha value is -2.40. The molecule has 0 aromatic heterocycles. The number of fused-ring (bicyclic) bond motifs is 1. The Bertz CT molecular complexity index is 1110. The number of carbonyl (C=O) groups excluding carboxylic acids is 1. The summed E-state index contributed by atoms with van der Waals surface area (Å²) in [6.07, 6.45) is 5.40. The van der Waals surface area contributed by atoms with Crippen molar-refractivity contribution in [3.05, 3.63) is 69.3 Å². The number of ether oxygens (including phenoxy) is 1. The predicted molar refractivity (Wildman–Crippen MR) is 137 cm³/mol. The molecule has 1 aliphatic rings. The number of carboxylic acids is 1. The topological polar surface area (TPSA) is 63.6 Å². The van der Waals surface area contributed by atoms with Crippen LogP contribution < -0.4 is 0 Å². The first-order chi connectivity index (χ1) is 15.4. The van der Waals surface area contributed by atoms with Crippen molar-refractivity contribution in [2.75, 3.05) is 0 Å². The van der Waals surface area contributed by atoms with Crippen molar-refractivity contribution in [2.24, 2.45) is 0 Å². The van der Waals surface area contributed by atoms with E-state index in [1.807, 2.05) is 25.1 Å². The van der Waals surface area contributed by atoms with E-state index in [2.05, 4.69) is 61.8 Å². The van der Waals surface area contributed by atoms with Crippen molar-refractivity contribution < 1.29 is 19.4 Å². The maximum Gasteiger partial charge on any atom is 0.335 e. The average Bonchev–Trinajstić information content (AvgIpc) is 2.74. The number of benzene rings is 2. The van der Waals surface area contributed by atoms with Crippen molar-refractivity contribution in [3.8, 4) is 0 Å². The SMILES string of the molecule is CCc1cc(/C=C/c2cc3c(cc2CBr)C(C)(C)C(OC(C)=O)CC3(C)C)ccc1C(=O)O. The number of aromatic carboxylic acids is 1. The van der Waals surface area contributed by atoms with Crippen molar-refractivity contribution in [3.63, 3.8) is 0 Å². The van der Waals surface area contributed by atoms with Crippen LogP contribution in [0.25, 0.3) is 12.2 Å². The van der Waals surface area contributed by atoms with Crippen molar-refractivity contribution in [1.82, 2.24) is 0 Å². The molecule has 0 aliphatic heterocycles. The molecule has 0 saturated heterocycles. The summed E-state index contributed by atoms with van der Waals surface area (Å²) in [6.45, 7) is 12.2. The Morgan fingerprint density at radius 3 is 2.36 bits per heavy atom. The van der Waals surface area contributed by atoms with Gasteiger partial charge in [0.15, 0.2) is 0 Å². The highest BCUT2D eigenvalue weighted by Crippen LogP contribution is 2.48. The van der Waals surface area contributed by atoms with Crippen LogP contribution in [0.2, 0.25) is 0 Å². The first-order valence-electron chi connectivity index (χ1n) is 11.4. The molecule has 2 aromatic carbocycles. The first kappa shape index (κ1) is 25.2. The zero-order valence-corrected chi connectivity index (χ0v) is 21.9. The van der Waals surface area contributed by atoms with Crippen molar-refractivity contribution in [1.29, 1.82) is 0 Å². The number of hydrogen-bond acceptors (Lipinski definition) is 3. The number of alkyl halides is 1. The van der Waals surface area contributed by atoms with Gasteiger partial charge < -0.3 is 9.84 Å². The van der Waals surface area contributed by atoms with Gasteiger partial charge in [0, 0.05) is 17.7 Å². The number of rotatable bonds is 6. The molecule has 176 valence electrons. The second-order valence-electron chi connectivity index (χ2n) is 10.0. The number of esters is 1. The van der Waals surface area contributed by atoms with E-state index in [0.717, 1.165) is 28.7 Å². The van der Waals surface area contributed by atoms with E-state index in [1.54, 1.807) is 6.07 Å². The maximum absolute atomic E-state index is 11.8. The van der Waals surface area contributed by atoms with Gasteiger partial charge in [0.05, 0.1) is 5.56 Å². The third-order valence-corrected chi connectivity index (χ3v) is 7.46. The monoisotopic (exact) mass is 512 g/mol. The summed E-state index contributed by atoms with van der Waals surface area (Å²) in [5.41, 5.74) is 6.51. The Morgan fingerprint density at radius 1 is 1.09 bits per heavy atom. The lowest BCUT2D eigenvalue weighted by atomic mass is 9.61. The quantitative estimate of drug-likeness (QED) is 0.259. The third kappa shape index (κ3) is 5.08. The third-order valence-electron chi connectivity index (χ3n) is 6.85. The molecule has 0 bridgehead atoms. The zero-order chi connectivity index (χ0) is 24.6. The lowest BCUT2D eigenvalue weighted by molar-refractivity contribution is -0.151. The van der Waals surface area contributed by atoms with E-state index >= 15 is 0 Å². The summed E-state index contributed by atoms with van der Waals surface area (Å²) in [5, 5.41) is 10.1. The van der Waals surface area contributed by atoms with Crippen LogP contribution in [-0.2, 0) is 32.1 Å². The first-order valence-corrected chi connectivity index (χ1v) is 12.5. The van der Waals surface area contributed by atoms with E-state index in [1.165, 1.54) is 18.1 Å². The molecule has 1 aliphatic carbocycles. The van der Waals surface area contributed by atoms with E-state index in [9.17, 15) is 14.7 Å². The molecule has 0 saturated carbocycles. The second kappa shape index (κ2) is 9.46. The minimum absolute atomic E-state index is 0.142. The Morgan fingerprint density at radius 2 is 1.79 bits per heavy atom. The average molecular weight is 513 g/mol. The summed E-state index contributed by atoms with van der Waals surface area (Å²) >= 11 is 3.65. The molecule has 0 radical (unpaired) electrons. The zero-order valence-electron chi connectivity index (χ0n) is 20.3. The van der Waals surface area contributed by atoms with Crippen LogP contribution >= 0.6 is 15.9 Å². The lowest BCUT2D eigenvalue weighted by Gasteiger charge is -2.47. The highest BCUT2D eigenvalue weighted by Gasteiger charge is 2.46. The Balaban J connectivity index is 2.06. The van der Waals surface area contributed by atoms with Gasteiger partial charge in [-0.1, -0.05) is 87.0 Å². The van der Waals surface area contributed by atoms with Gasteiger partial charge >= 0.3 is 11.9 Å². The van der Waals surface area contributed by atoms with Crippen LogP contribution in [0, 0.1) is 0 Å². The van der Waals surface area contributed by atoms with Crippen LogP contribution in [0.3, 0.4) is 0 Å². The molecule has 3 rings (SSSR count). The van der Waals surface area contributed by atoms with E-state index in [0.29, 0.717) is 17.3 Å². The summed E-state index contributed by atoms with van der Waals surface area (Å²) in [7, 11) is 0. The fourth-order valence-electron chi connectivity index (χ4n) is 4.82. The summed E-state index contributed by atoms with van der Waals surface area (Å²) in [5.74, 6) is -1.14. The maximum atomic E-state index is 11.8. The van der Waals surface area contributed by atoms with Crippen LogP contribution in [0.4, 0.5) is 0 Å². The predicted octanol–water partition coefficient (Wildman–Crippen LogP) is 6.90. The van der Waals surface area contributed by atoms with Gasteiger partial charge in [0.25, 0.3) is 0 Å². The van der Waals surface area contributed by atoms with E-state index < -0.39 is 5.97 Å². The molecule has 0 fully saturated rings. The van der Waals surface area contributed by atoms with Crippen LogP contribution in [-0.4, -0.2) is 23.1 Å². The summed E-state index contributed by atoms with van der Waals surface area (Å²) in [6, 6.07) is 9.98. The second-order valence-corrected chi connectivity index (χ2v) is 10.6. The fraction of sp³-hybridized carbons (Fsp3) is 0.429. The van der Waals surface area contributed by atoms with Gasteiger partial charge in [-0.25, -0.2) is 4.79 Å². The van der Waals surface area contributed by atoms with Gasteiger partial charge in [-0.2, -0.15) is 0 Å². The molecule has 4 nitrogen and oxygen atoms in total. The molecule has 1 unspecified atom stereocenters. The van der Waals surface area contributed by atoms with Crippen molar-refractivity contribution in [2.45, 2.75) is 76.6 Å². The smallest absolute Gasteiger partial charge is 0.335 e. The Labute approximate surface area is 205 Å². The van der Waals surface area contributed by atoms with E-state index in [-0.39, 0.29) is 22.9 Å². The largest absolute Gasteiger partial charge is 0.478 e. The molecule has 0 spiro atoms. The molecular weight excluding hydrogens is 480 g/mol. The summed E-state index contributed by atoms with van der Waals surface area (Å²) < 4.78 is 5.75. The number of carboxylic acid groups (broad SMARTS) is 1. The van der Waals surface area contributed by atoms with Crippen LogP contribution in [0.15, 0.2) is 30.3 Å². The highest BCUT2D eigenvalue weighted by molar-refractivity contribution is 9.08. The van der Waals surface area contributed by atoms with Gasteiger partial charge in [0.1, 0.15) is 6.10 Å². The molecule has 5 heteroatoms. The highest BCUT2D eigenvalue weighted by atomic mass is 79.9. The summed E-state index contributed by atoms with van der Waals surface area (Å²) in [4.78, 5) is 23.2. The molecule has 33 heavy (non-hydrogen) atoms. The van der Waals surface area contributed by atoms with Crippen LogP contribution in [0.5, 0.6) is 0 Å². The van der Waals surface area contributed by atoms with Gasteiger partial charge in [-0.05, 0) is 57.7 Å². The normalized spacial score (nSPS) is 18.7. The molecular formula is C28H33BrO4. The van der Waals surface area contributed by atoms with Gasteiger partial charge in [-0.3, -0.25) is 4.79 Å². The minimum atomic E-state index is -0.893.